The maximum atomic E-state index is 13.0. The third-order valence-electron chi connectivity index (χ3n) is 6.27. The Balaban J connectivity index is 1.74. The fourth-order valence-electron chi connectivity index (χ4n) is 4.49. The van der Waals surface area contributed by atoms with Gasteiger partial charge in [0, 0.05) is 28.7 Å². The van der Waals surface area contributed by atoms with E-state index in [-0.39, 0.29) is 17.9 Å². The minimum atomic E-state index is -0.880. The summed E-state index contributed by atoms with van der Waals surface area (Å²) in [6.45, 7) is 6.05. The van der Waals surface area contributed by atoms with Crippen molar-refractivity contribution in [2.45, 2.75) is 71.4 Å². The van der Waals surface area contributed by atoms with Crippen molar-refractivity contribution in [3.63, 3.8) is 0 Å². The van der Waals surface area contributed by atoms with Crippen LogP contribution in [-0.4, -0.2) is 39.5 Å². The van der Waals surface area contributed by atoms with Crippen LogP contribution in [0.1, 0.15) is 67.2 Å². The number of carbonyl (C=O) groups is 3. The quantitative estimate of drug-likeness (QED) is 0.554. The Morgan fingerprint density at radius 1 is 1.12 bits per heavy atom. The Morgan fingerprint density at radius 2 is 1.84 bits per heavy atom. The van der Waals surface area contributed by atoms with Crippen LogP contribution in [0.5, 0.6) is 0 Å². The number of amides is 2. The van der Waals surface area contributed by atoms with Gasteiger partial charge in [-0.15, -0.1) is 0 Å². The van der Waals surface area contributed by atoms with Crippen molar-refractivity contribution in [3.8, 4) is 5.69 Å². The molecule has 0 saturated heterocycles. The van der Waals surface area contributed by atoms with E-state index in [9.17, 15) is 19.5 Å². The van der Waals surface area contributed by atoms with Crippen LogP contribution in [0.4, 0.5) is 0 Å². The minimum Gasteiger partial charge on any atom is -0.481 e. The van der Waals surface area contributed by atoms with Gasteiger partial charge in [-0.2, -0.15) is 0 Å². The molecule has 7 nitrogen and oxygen atoms in total. The summed E-state index contributed by atoms with van der Waals surface area (Å²) in [5.41, 5.74) is 3.52. The van der Waals surface area contributed by atoms with E-state index < -0.39 is 17.9 Å². The standard InChI is InChI=1S/C25H33N3O4/c1-4-5-11-22(24(30)26-21-12-7-10-20(21)25(31)32)27-23(29)18-8-6-9-19(15-18)28-16(2)13-14-17(28)3/h6,8-9,13-15,20-22H,4-5,7,10-12H2,1-3H3,(H,26,30)(H,27,29)(H,31,32)/t20-,21+,22+/m1/s1. The number of carbonyl (C=O) groups excluding carboxylic acids is 2. The average Bonchev–Trinajstić information content (AvgIpc) is 3.36. The van der Waals surface area contributed by atoms with E-state index in [0.717, 1.165) is 36.3 Å². The largest absolute Gasteiger partial charge is 0.481 e. The summed E-state index contributed by atoms with van der Waals surface area (Å²) in [6, 6.07) is 10.3. The van der Waals surface area contributed by atoms with Gasteiger partial charge in [-0.05, 0) is 63.4 Å². The first-order valence-electron chi connectivity index (χ1n) is 11.4. The number of carboxylic acids is 1. The normalized spacial score (nSPS) is 18.8. The predicted molar refractivity (Wildman–Crippen MR) is 123 cm³/mol. The van der Waals surface area contributed by atoms with Gasteiger partial charge in [-0.1, -0.05) is 32.3 Å². The molecule has 32 heavy (non-hydrogen) atoms. The second-order valence-corrected chi connectivity index (χ2v) is 8.66. The van der Waals surface area contributed by atoms with Crippen LogP contribution in [0.25, 0.3) is 5.69 Å². The van der Waals surface area contributed by atoms with Crippen molar-refractivity contribution >= 4 is 17.8 Å². The SMILES string of the molecule is CCCC[C@H](NC(=O)c1cccc(-n2c(C)ccc2C)c1)C(=O)N[C@H]1CCC[C@H]1C(=O)O. The number of aromatic nitrogens is 1. The molecule has 1 aromatic carbocycles. The maximum Gasteiger partial charge on any atom is 0.308 e. The molecule has 1 aromatic heterocycles. The number of nitrogens with zero attached hydrogens (tertiary/aromatic N) is 1. The van der Waals surface area contributed by atoms with E-state index in [2.05, 4.69) is 15.2 Å². The Morgan fingerprint density at radius 3 is 2.50 bits per heavy atom. The van der Waals surface area contributed by atoms with Gasteiger partial charge in [0.15, 0.2) is 0 Å². The van der Waals surface area contributed by atoms with Crippen molar-refractivity contribution < 1.29 is 19.5 Å². The maximum absolute atomic E-state index is 13.0. The second-order valence-electron chi connectivity index (χ2n) is 8.66. The first-order valence-corrected chi connectivity index (χ1v) is 11.4. The highest BCUT2D eigenvalue weighted by molar-refractivity contribution is 5.98. The lowest BCUT2D eigenvalue weighted by Crippen LogP contribution is -2.51. The van der Waals surface area contributed by atoms with Gasteiger partial charge in [0.2, 0.25) is 5.91 Å². The summed E-state index contributed by atoms with van der Waals surface area (Å²) in [6.07, 6.45) is 4.18. The van der Waals surface area contributed by atoms with Gasteiger partial charge < -0.3 is 20.3 Å². The van der Waals surface area contributed by atoms with Crippen LogP contribution >= 0.6 is 0 Å². The van der Waals surface area contributed by atoms with Gasteiger partial charge >= 0.3 is 5.97 Å². The molecule has 3 N–H and O–H groups in total. The molecule has 0 bridgehead atoms. The minimum absolute atomic E-state index is 0.307. The Bertz CT molecular complexity index is 962. The molecule has 0 radical (unpaired) electrons. The van der Waals surface area contributed by atoms with Crippen molar-refractivity contribution in [2.75, 3.05) is 0 Å². The summed E-state index contributed by atoms with van der Waals surface area (Å²) >= 11 is 0. The lowest BCUT2D eigenvalue weighted by Gasteiger charge is -2.23. The van der Waals surface area contributed by atoms with Crippen molar-refractivity contribution in [2.24, 2.45) is 5.92 Å². The number of rotatable bonds is 9. The van der Waals surface area contributed by atoms with Crippen molar-refractivity contribution in [1.82, 2.24) is 15.2 Å². The Kier molecular flexibility index (Phi) is 7.72. The molecule has 2 amide bonds. The molecule has 3 atom stereocenters. The highest BCUT2D eigenvalue weighted by Crippen LogP contribution is 2.26. The summed E-state index contributed by atoms with van der Waals surface area (Å²) in [5.74, 6) is -2.06. The number of benzene rings is 1. The van der Waals surface area contributed by atoms with Crippen LogP contribution in [-0.2, 0) is 9.59 Å². The lowest BCUT2D eigenvalue weighted by atomic mass is 10.0. The molecule has 0 aliphatic heterocycles. The average molecular weight is 440 g/mol. The fourth-order valence-corrected chi connectivity index (χ4v) is 4.49. The molecule has 1 aliphatic carbocycles. The fraction of sp³-hybridized carbons (Fsp3) is 0.480. The van der Waals surface area contributed by atoms with Gasteiger partial charge in [0.05, 0.1) is 5.92 Å². The summed E-state index contributed by atoms with van der Waals surface area (Å²) in [4.78, 5) is 37.4. The lowest BCUT2D eigenvalue weighted by molar-refractivity contribution is -0.142. The van der Waals surface area contributed by atoms with E-state index in [4.69, 9.17) is 0 Å². The number of hydrogen-bond donors (Lipinski definition) is 3. The molecule has 1 aliphatic rings. The van der Waals surface area contributed by atoms with Crippen molar-refractivity contribution in [3.05, 3.63) is 53.3 Å². The summed E-state index contributed by atoms with van der Waals surface area (Å²) < 4.78 is 2.07. The molecule has 3 rings (SSSR count). The van der Waals surface area contributed by atoms with E-state index in [1.165, 1.54) is 0 Å². The van der Waals surface area contributed by atoms with Crippen LogP contribution in [0.3, 0.4) is 0 Å². The monoisotopic (exact) mass is 439 g/mol. The highest BCUT2D eigenvalue weighted by atomic mass is 16.4. The first kappa shape index (κ1) is 23.6. The number of nitrogens with one attached hydrogen (secondary N) is 2. The zero-order valence-corrected chi connectivity index (χ0v) is 19.1. The zero-order valence-electron chi connectivity index (χ0n) is 19.1. The predicted octanol–water partition coefficient (Wildman–Crippen LogP) is 3.75. The molecule has 1 fully saturated rings. The molecular formula is C25H33N3O4. The highest BCUT2D eigenvalue weighted by Gasteiger charge is 2.35. The van der Waals surface area contributed by atoms with Gasteiger partial charge in [0.25, 0.3) is 5.91 Å². The topological polar surface area (TPSA) is 100 Å². The number of hydrogen-bond acceptors (Lipinski definition) is 3. The van der Waals surface area contributed by atoms with Crippen LogP contribution in [0.2, 0.25) is 0 Å². The van der Waals surface area contributed by atoms with Gasteiger partial charge in [-0.3, -0.25) is 14.4 Å². The first-order chi connectivity index (χ1) is 15.3. The number of aryl methyl sites for hydroxylation is 2. The molecular weight excluding hydrogens is 406 g/mol. The smallest absolute Gasteiger partial charge is 0.308 e. The molecule has 0 unspecified atom stereocenters. The molecule has 2 aromatic rings. The number of carboxylic acid groups (broad SMARTS) is 1. The van der Waals surface area contributed by atoms with E-state index in [1.807, 2.05) is 51.1 Å². The Hall–Kier alpha value is -3.09. The number of aliphatic carboxylic acids is 1. The third-order valence-corrected chi connectivity index (χ3v) is 6.27. The molecule has 1 saturated carbocycles. The van der Waals surface area contributed by atoms with Crippen LogP contribution < -0.4 is 10.6 Å². The zero-order chi connectivity index (χ0) is 23.3. The van der Waals surface area contributed by atoms with Crippen LogP contribution in [0, 0.1) is 19.8 Å². The number of unbranched alkanes of at least 4 members (excludes halogenated alkanes) is 1. The van der Waals surface area contributed by atoms with Crippen molar-refractivity contribution in [1.29, 1.82) is 0 Å². The van der Waals surface area contributed by atoms with E-state index in [0.29, 0.717) is 24.8 Å². The summed E-state index contributed by atoms with van der Waals surface area (Å²) in [5, 5.41) is 15.2. The molecule has 172 valence electrons. The van der Waals surface area contributed by atoms with Gasteiger partial charge in [-0.25, -0.2) is 0 Å². The second kappa shape index (κ2) is 10.5. The third kappa shape index (κ3) is 5.39. The van der Waals surface area contributed by atoms with Crippen LogP contribution in [0.15, 0.2) is 36.4 Å². The molecule has 1 heterocycles. The summed E-state index contributed by atoms with van der Waals surface area (Å²) in [7, 11) is 0. The van der Waals surface area contributed by atoms with Gasteiger partial charge in [0.1, 0.15) is 6.04 Å². The van der Waals surface area contributed by atoms with E-state index >= 15 is 0 Å². The molecule has 0 spiro atoms. The Labute approximate surface area is 189 Å². The molecule has 7 heteroatoms. The van der Waals surface area contributed by atoms with E-state index in [1.54, 1.807) is 6.07 Å².